The molecule has 2 N–H and O–H groups in total. The Morgan fingerprint density at radius 3 is 2.75 bits per heavy atom. The normalized spacial score (nSPS) is 11.1. The van der Waals surface area contributed by atoms with Crippen molar-refractivity contribution in [2.45, 2.75) is 6.92 Å². The minimum atomic E-state index is 0.274. The van der Waals surface area contributed by atoms with Crippen LogP contribution in [0.2, 0.25) is 0 Å². The van der Waals surface area contributed by atoms with Gasteiger partial charge in [0.25, 0.3) is 0 Å². The van der Waals surface area contributed by atoms with Crippen LogP contribution in [0.15, 0.2) is 22.4 Å². The van der Waals surface area contributed by atoms with Gasteiger partial charge in [0.05, 0.1) is 0 Å². The van der Waals surface area contributed by atoms with Crippen LogP contribution in [0.5, 0.6) is 0 Å². The molecule has 0 aliphatic rings. The van der Waals surface area contributed by atoms with E-state index < -0.39 is 0 Å². The lowest BCUT2D eigenvalue weighted by Crippen LogP contribution is -1.88. The maximum atomic E-state index is 5.07. The van der Waals surface area contributed by atoms with Gasteiger partial charge in [0.2, 0.25) is 0 Å². The maximum Gasteiger partial charge on any atom is 0.117 e. The Balaban J connectivity index is 3.50. The van der Waals surface area contributed by atoms with E-state index >= 15 is 0 Å². The van der Waals surface area contributed by atoms with Gasteiger partial charge in [-0.1, -0.05) is 6.58 Å². The molecule has 0 aliphatic heterocycles. The van der Waals surface area contributed by atoms with E-state index in [-0.39, 0.29) is 5.82 Å². The lowest BCUT2D eigenvalue weighted by molar-refractivity contribution is 1.27. The second-order valence-electron chi connectivity index (χ2n) is 1.14. The first-order valence-corrected chi connectivity index (χ1v) is 2.22. The summed E-state index contributed by atoms with van der Waals surface area (Å²) in [4.78, 5) is 7.23. The van der Waals surface area contributed by atoms with Crippen molar-refractivity contribution in [2.75, 3.05) is 0 Å². The molecule has 44 valence electrons. The molecule has 0 aliphatic carbocycles. The summed E-state index contributed by atoms with van der Waals surface area (Å²) in [5.74, 6) is 0.274. The average molecular weight is 111 g/mol. The van der Waals surface area contributed by atoms with Gasteiger partial charge in [-0.2, -0.15) is 0 Å². The largest absolute Gasteiger partial charge is 0.384 e. The van der Waals surface area contributed by atoms with Crippen LogP contribution in [-0.2, 0) is 0 Å². The highest BCUT2D eigenvalue weighted by Crippen LogP contribution is 1.73. The van der Waals surface area contributed by atoms with Gasteiger partial charge in [0.1, 0.15) is 12.2 Å². The smallest absolute Gasteiger partial charge is 0.117 e. The van der Waals surface area contributed by atoms with Crippen LogP contribution in [0.3, 0.4) is 0 Å². The van der Waals surface area contributed by atoms with Crippen LogP contribution in [0.1, 0.15) is 6.92 Å². The van der Waals surface area contributed by atoms with E-state index in [0.29, 0.717) is 0 Å². The lowest BCUT2D eigenvalue weighted by Gasteiger charge is -1.79. The van der Waals surface area contributed by atoms with Gasteiger partial charge < -0.3 is 5.73 Å². The first-order chi connectivity index (χ1) is 3.77. The minimum absolute atomic E-state index is 0.274. The standard InChI is InChI=1S/C5H9N3/c1-3-7-4-8-5(2)6/h3-4H,2,6H2,1H3/b7-3-,8-4-. The van der Waals surface area contributed by atoms with Crippen LogP contribution in [0.25, 0.3) is 0 Å². The van der Waals surface area contributed by atoms with E-state index in [1.54, 1.807) is 13.1 Å². The molecule has 3 nitrogen and oxygen atoms in total. The van der Waals surface area contributed by atoms with Crippen molar-refractivity contribution in [1.82, 2.24) is 0 Å². The summed E-state index contributed by atoms with van der Waals surface area (Å²) in [5, 5.41) is 0. The molecule has 0 aromatic rings. The van der Waals surface area contributed by atoms with E-state index in [1.165, 1.54) is 6.34 Å². The zero-order valence-corrected chi connectivity index (χ0v) is 4.83. The SMILES string of the molecule is C=C(N)/N=C\N=C/C. The number of rotatable bonds is 2. The Morgan fingerprint density at radius 2 is 2.38 bits per heavy atom. The van der Waals surface area contributed by atoms with E-state index in [9.17, 15) is 0 Å². The summed E-state index contributed by atoms with van der Waals surface area (Å²) in [6, 6.07) is 0. The Kier molecular flexibility index (Phi) is 3.48. The van der Waals surface area contributed by atoms with Crippen LogP contribution >= 0.6 is 0 Å². The molecule has 0 saturated heterocycles. The molecule has 0 aromatic carbocycles. The van der Waals surface area contributed by atoms with Crippen LogP contribution in [0.4, 0.5) is 0 Å². The molecule has 0 unspecified atom stereocenters. The molecule has 3 heteroatoms. The lowest BCUT2D eigenvalue weighted by atomic mass is 10.8. The van der Waals surface area contributed by atoms with Crippen molar-refractivity contribution in [3.63, 3.8) is 0 Å². The summed E-state index contributed by atoms with van der Waals surface area (Å²) in [5.41, 5.74) is 5.07. The Bertz CT molecular complexity index is 124. The zero-order valence-electron chi connectivity index (χ0n) is 4.83. The average Bonchev–Trinajstić information content (AvgIpc) is 1.66. The summed E-state index contributed by atoms with van der Waals surface area (Å²) in [6.07, 6.45) is 2.97. The van der Waals surface area contributed by atoms with E-state index in [2.05, 4.69) is 16.6 Å². The summed E-state index contributed by atoms with van der Waals surface area (Å²) < 4.78 is 0. The second-order valence-corrected chi connectivity index (χ2v) is 1.14. The minimum Gasteiger partial charge on any atom is -0.384 e. The molecule has 0 saturated carbocycles. The number of hydrogen-bond donors (Lipinski definition) is 1. The Morgan fingerprint density at radius 1 is 1.75 bits per heavy atom. The monoisotopic (exact) mass is 111 g/mol. The van der Waals surface area contributed by atoms with Gasteiger partial charge in [-0.05, 0) is 6.92 Å². The first kappa shape index (κ1) is 6.88. The van der Waals surface area contributed by atoms with Crippen LogP contribution in [0, 0.1) is 0 Å². The highest BCUT2D eigenvalue weighted by Gasteiger charge is 1.67. The zero-order chi connectivity index (χ0) is 6.41. The van der Waals surface area contributed by atoms with Crippen LogP contribution in [-0.4, -0.2) is 12.6 Å². The molecule has 0 atom stereocenters. The van der Waals surface area contributed by atoms with Gasteiger partial charge >= 0.3 is 0 Å². The third kappa shape index (κ3) is 4.88. The van der Waals surface area contributed by atoms with Crippen molar-refractivity contribution in [1.29, 1.82) is 0 Å². The van der Waals surface area contributed by atoms with E-state index in [4.69, 9.17) is 5.73 Å². The molecule has 0 bridgehead atoms. The molecule has 8 heavy (non-hydrogen) atoms. The molecule has 0 heterocycles. The molecule has 0 rings (SSSR count). The quantitative estimate of drug-likeness (QED) is 0.410. The molecular formula is C5H9N3. The first-order valence-electron chi connectivity index (χ1n) is 2.22. The number of nitrogens with zero attached hydrogens (tertiary/aromatic N) is 2. The molecule has 0 amide bonds. The van der Waals surface area contributed by atoms with Gasteiger partial charge in [0, 0.05) is 6.21 Å². The topological polar surface area (TPSA) is 50.7 Å². The summed E-state index contributed by atoms with van der Waals surface area (Å²) >= 11 is 0. The highest BCUT2D eigenvalue weighted by molar-refractivity contribution is 5.70. The van der Waals surface area contributed by atoms with Crippen molar-refractivity contribution >= 4 is 12.6 Å². The predicted octanol–water partition coefficient (Wildman–Crippen LogP) is 0.535. The molecule has 0 radical (unpaired) electrons. The number of nitrogens with two attached hydrogens (primary N) is 1. The van der Waals surface area contributed by atoms with Gasteiger partial charge in [-0.25, -0.2) is 9.98 Å². The fraction of sp³-hybridized carbons (Fsp3) is 0.200. The van der Waals surface area contributed by atoms with E-state index in [1.807, 2.05) is 0 Å². The highest BCUT2D eigenvalue weighted by atomic mass is 14.9. The Labute approximate surface area is 48.6 Å². The third-order valence-electron chi connectivity index (χ3n) is 0.439. The van der Waals surface area contributed by atoms with Crippen molar-refractivity contribution in [3.8, 4) is 0 Å². The Hall–Kier alpha value is -1.12. The number of aliphatic imine (C=N–C) groups is 2. The van der Waals surface area contributed by atoms with Gasteiger partial charge in [0.15, 0.2) is 0 Å². The second kappa shape index (κ2) is 4.05. The fourth-order valence-electron chi connectivity index (χ4n) is 0.174. The molecular weight excluding hydrogens is 102 g/mol. The molecule has 0 fully saturated rings. The van der Waals surface area contributed by atoms with Gasteiger partial charge in [-0.3, -0.25) is 0 Å². The van der Waals surface area contributed by atoms with E-state index in [0.717, 1.165) is 0 Å². The van der Waals surface area contributed by atoms with Gasteiger partial charge in [-0.15, -0.1) is 0 Å². The maximum absolute atomic E-state index is 5.07. The van der Waals surface area contributed by atoms with Crippen molar-refractivity contribution < 1.29 is 0 Å². The number of hydrogen-bond acceptors (Lipinski definition) is 2. The molecule has 0 spiro atoms. The van der Waals surface area contributed by atoms with Crippen molar-refractivity contribution in [2.24, 2.45) is 15.7 Å². The van der Waals surface area contributed by atoms with Crippen molar-refractivity contribution in [3.05, 3.63) is 12.4 Å². The van der Waals surface area contributed by atoms with Crippen LogP contribution < -0.4 is 5.73 Å². The summed E-state index contributed by atoms with van der Waals surface area (Å²) in [7, 11) is 0. The predicted molar refractivity (Wildman–Crippen MR) is 36.0 cm³/mol. The summed E-state index contributed by atoms with van der Waals surface area (Å²) in [6.45, 7) is 5.13. The third-order valence-corrected chi connectivity index (χ3v) is 0.439. The molecule has 0 aromatic heterocycles. The fourth-order valence-corrected chi connectivity index (χ4v) is 0.174.